The van der Waals surface area contributed by atoms with Crippen molar-refractivity contribution in [1.82, 2.24) is 5.32 Å². The fourth-order valence-electron chi connectivity index (χ4n) is 2.35. The Labute approximate surface area is 102 Å². The van der Waals surface area contributed by atoms with Crippen molar-refractivity contribution < 1.29 is 0 Å². The molecule has 1 saturated heterocycles. The zero-order chi connectivity index (χ0) is 11.5. The topological polar surface area (TPSA) is 12.0 Å². The Hall–Kier alpha value is -1.86. The maximum atomic E-state index is 3.43. The SMILES string of the molecule is C1=C/C=C2/CNC/C2=C(\c2ccccc2)C=C1. The Morgan fingerprint density at radius 1 is 0.882 bits per heavy atom. The Morgan fingerprint density at radius 2 is 1.76 bits per heavy atom. The van der Waals surface area contributed by atoms with E-state index in [9.17, 15) is 0 Å². The van der Waals surface area contributed by atoms with Gasteiger partial charge in [-0.3, -0.25) is 0 Å². The fourth-order valence-corrected chi connectivity index (χ4v) is 2.35. The first-order valence-electron chi connectivity index (χ1n) is 5.99. The van der Waals surface area contributed by atoms with Gasteiger partial charge in [0.1, 0.15) is 0 Å². The maximum absolute atomic E-state index is 3.43. The molecule has 3 rings (SSSR count). The van der Waals surface area contributed by atoms with Crippen LogP contribution in [-0.2, 0) is 0 Å². The minimum absolute atomic E-state index is 0.967. The first-order valence-corrected chi connectivity index (χ1v) is 5.99. The summed E-state index contributed by atoms with van der Waals surface area (Å²) in [7, 11) is 0. The largest absolute Gasteiger partial charge is 0.309 e. The van der Waals surface area contributed by atoms with Crippen molar-refractivity contribution >= 4 is 5.57 Å². The summed E-state index contributed by atoms with van der Waals surface area (Å²) in [6.07, 6.45) is 10.7. The first-order chi connectivity index (χ1) is 8.45. The van der Waals surface area contributed by atoms with Crippen molar-refractivity contribution in [2.45, 2.75) is 0 Å². The van der Waals surface area contributed by atoms with Gasteiger partial charge in [0, 0.05) is 13.1 Å². The number of hydrogen-bond donors (Lipinski definition) is 1. The van der Waals surface area contributed by atoms with Gasteiger partial charge in [0.2, 0.25) is 0 Å². The molecular formula is C16H15N. The van der Waals surface area contributed by atoms with Crippen LogP contribution in [0.5, 0.6) is 0 Å². The highest BCUT2D eigenvalue weighted by Crippen LogP contribution is 2.28. The molecule has 17 heavy (non-hydrogen) atoms. The molecule has 84 valence electrons. The number of hydrogen-bond acceptors (Lipinski definition) is 1. The second kappa shape index (κ2) is 4.56. The van der Waals surface area contributed by atoms with Crippen molar-refractivity contribution in [3.05, 3.63) is 77.4 Å². The van der Waals surface area contributed by atoms with Crippen molar-refractivity contribution in [2.75, 3.05) is 13.1 Å². The lowest BCUT2D eigenvalue weighted by atomic mass is 9.95. The number of allylic oxidation sites excluding steroid dienone is 6. The van der Waals surface area contributed by atoms with Crippen molar-refractivity contribution in [3.63, 3.8) is 0 Å². The highest BCUT2D eigenvalue weighted by Gasteiger charge is 2.17. The molecule has 1 fully saturated rings. The Morgan fingerprint density at radius 3 is 2.65 bits per heavy atom. The molecule has 0 saturated carbocycles. The molecule has 0 bridgehead atoms. The van der Waals surface area contributed by atoms with E-state index in [4.69, 9.17) is 0 Å². The van der Waals surface area contributed by atoms with Gasteiger partial charge in [0.25, 0.3) is 0 Å². The third-order valence-electron chi connectivity index (χ3n) is 3.20. The standard InChI is InChI=1S/C16H15N/c1-3-7-13(8-4-1)15-10-6-2-5-9-14-11-17-12-16(14)15/h1-10,17H,11-12H2/b5-2?,6-2?,9-5?,10-6?,14-9-,15-10?,16-15+. The van der Waals surface area contributed by atoms with E-state index in [1.165, 1.54) is 22.3 Å². The summed E-state index contributed by atoms with van der Waals surface area (Å²) < 4.78 is 0. The van der Waals surface area contributed by atoms with Gasteiger partial charge in [-0.25, -0.2) is 0 Å². The predicted molar refractivity (Wildman–Crippen MR) is 72.6 cm³/mol. The number of fused-ring (bicyclic) bond motifs is 1. The zero-order valence-corrected chi connectivity index (χ0v) is 9.69. The fraction of sp³-hybridized carbons (Fsp3) is 0.125. The van der Waals surface area contributed by atoms with Crippen molar-refractivity contribution in [3.8, 4) is 0 Å². The summed E-state index contributed by atoms with van der Waals surface area (Å²) in [5.74, 6) is 0. The predicted octanol–water partition coefficient (Wildman–Crippen LogP) is 3.10. The normalized spacial score (nSPS) is 26.0. The van der Waals surface area contributed by atoms with Crippen LogP contribution in [0.4, 0.5) is 0 Å². The molecule has 1 aromatic rings. The van der Waals surface area contributed by atoms with E-state index in [2.05, 4.69) is 66.0 Å². The molecule has 1 heterocycles. The van der Waals surface area contributed by atoms with Crippen LogP contribution in [0.15, 0.2) is 71.9 Å². The molecule has 1 N–H and O–H groups in total. The van der Waals surface area contributed by atoms with Crippen LogP contribution in [-0.4, -0.2) is 13.1 Å². The highest BCUT2D eigenvalue weighted by atomic mass is 14.9. The van der Waals surface area contributed by atoms with Crippen LogP contribution in [0.2, 0.25) is 0 Å². The first kappa shape index (κ1) is 10.3. The number of benzene rings is 1. The van der Waals surface area contributed by atoms with Gasteiger partial charge in [-0.05, 0) is 22.3 Å². The van der Waals surface area contributed by atoms with E-state index in [1.807, 2.05) is 0 Å². The summed E-state index contributed by atoms with van der Waals surface area (Å²) in [6, 6.07) is 10.6. The molecule has 1 aromatic carbocycles. The van der Waals surface area contributed by atoms with Gasteiger partial charge in [-0.1, -0.05) is 60.7 Å². The van der Waals surface area contributed by atoms with Crippen molar-refractivity contribution in [2.24, 2.45) is 0 Å². The van der Waals surface area contributed by atoms with Gasteiger partial charge in [0.15, 0.2) is 0 Å². The Balaban J connectivity index is 2.15. The summed E-state index contributed by atoms with van der Waals surface area (Å²) in [5.41, 5.74) is 5.47. The molecule has 1 aliphatic heterocycles. The molecular weight excluding hydrogens is 206 g/mol. The Kier molecular flexibility index (Phi) is 2.76. The van der Waals surface area contributed by atoms with Gasteiger partial charge in [-0.2, -0.15) is 0 Å². The molecule has 0 aromatic heterocycles. The summed E-state index contributed by atoms with van der Waals surface area (Å²) in [5, 5.41) is 3.43. The molecule has 0 unspecified atom stereocenters. The molecule has 0 spiro atoms. The second-order valence-corrected chi connectivity index (χ2v) is 4.30. The second-order valence-electron chi connectivity index (χ2n) is 4.30. The molecule has 1 heteroatoms. The van der Waals surface area contributed by atoms with Crippen molar-refractivity contribution in [1.29, 1.82) is 0 Å². The van der Waals surface area contributed by atoms with Crippen LogP contribution < -0.4 is 5.32 Å². The van der Waals surface area contributed by atoms with E-state index in [-0.39, 0.29) is 0 Å². The van der Waals surface area contributed by atoms with E-state index in [1.54, 1.807) is 0 Å². The molecule has 1 nitrogen and oxygen atoms in total. The van der Waals surface area contributed by atoms with E-state index in [0.29, 0.717) is 0 Å². The van der Waals surface area contributed by atoms with Crippen LogP contribution in [0.1, 0.15) is 5.56 Å². The van der Waals surface area contributed by atoms with Crippen LogP contribution >= 0.6 is 0 Å². The van der Waals surface area contributed by atoms with Gasteiger partial charge in [0.05, 0.1) is 0 Å². The summed E-state index contributed by atoms with van der Waals surface area (Å²) >= 11 is 0. The third kappa shape index (κ3) is 2.02. The molecule has 0 atom stereocenters. The minimum Gasteiger partial charge on any atom is -0.309 e. The number of nitrogens with one attached hydrogen (secondary N) is 1. The molecule has 1 aliphatic carbocycles. The molecule has 0 radical (unpaired) electrons. The van der Waals surface area contributed by atoms with E-state index in [0.717, 1.165) is 13.1 Å². The average molecular weight is 221 g/mol. The van der Waals surface area contributed by atoms with Crippen LogP contribution in [0, 0.1) is 0 Å². The van der Waals surface area contributed by atoms with E-state index < -0.39 is 0 Å². The highest BCUT2D eigenvalue weighted by molar-refractivity contribution is 5.81. The zero-order valence-electron chi connectivity index (χ0n) is 9.69. The van der Waals surface area contributed by atoms with Gasteiger partial charge >= 0.3 is 0 Å². The smallest absolute Gasteiger partial charge is 0.0218 e. The van der Waals surface area contributed by atoms with Gasteiger partial charge < -0.3 is 5.32 Å². The minimum atomic E-state index is 0.967. The van der Waals surface area contributed by atoms with Gasteiger partial charge in [-0.15, -0.1) is 0 Å². The average Bonchev–Trinajstić information content (AvgIpc) is 2.78. The lowest BCUT2D eigenvalue weighted by Crippen LogP contribution is -2.05. The maximum Gasteiger partial charge on any atom is 0.0218 e. The summed E-state index contributed by atoms with van der Waals surface area (Å²) in [4.78, 5) is 0. The van der Waals surface area contributed by atoms with E-state index >= 15 is 0 Å². The quantitative estimate of drug-likeness (QED) is 0.768. The van der Waals surface area contributed by atoms with Crippen LogP contribution in [0.3, 0.4) is 0 Å². The third-order valence-corrected chi connectivity index (χ3v) is 3.20. The summed E-state index contributed by atoms with van der Waals surface area (Å²) in [6.45, 7) is 1.94. The number of rotatable bonds is 1. The Bertz CT molecular complexity index is 530. The van der Waals surface area contributed by atoms with Crippen LogP contribution in [0.25, 0.3) is 5.57 Å². The molecule has 0 amide bonds. The lowest BCUT2D eigenvalue weighted by molar-refractivity contribution is 0.895. The monoisotopic (exact) mass is 221 g/mol. The molecule has 2 aliphatic rings. The lowest BCUT2D eigenvalue weighted by Gasteiger charge is -2.09.